The molecule has 0 unspecified atom stereocenters. The Morgan fingerprint density at radius 1 is 1.67 bits per heavy atom. The molecule has 0 amide bonds. The van der Waals surface area contributed by atoms with Crippen molar-refractivity contribution in [3.8, 4) is 0 Å². The number of rotatable bonds is 4. The van der Waals surface area contributed by atoms with Gasteiger partial charge in [0, 0.05) is 7.11 Å². The van der Waals surface area contributed by atoms with Gasteiger partial charge < -0.3 is 9.26 Å². The number of nitrogens with zero attached hydrogens (tertiary/aromatic N) is 2. The predicted molar refractivity (Wildman–Crippen MR) is 39.4 cm³/mol. The van der Waals surface area contributed by atoms with Crippen LogP contribution in [0.1, 0.15) is 18.6 Å². The van der Waals surface area contributed by atoms with E-state index in [0.29, 0.717) is 18.3 Å². The second-order valence-corrected chi connectivity index (χ2v) is 2.42. The van der Waals surface area contributed by atoms with Crippen molar-refractivity contribution >= 4 is 5.78 Å². The van der Waals surface area contributed by atoms with Crippen LogP contribution in [0.15, 0.2) is 4.52 Å². The lowest BCUT2D eigenvalue weighted by atomic mass is 10.3. The molecule has 0 fully saturated rings. The maximum atomic E-state index is 10.6. The maximum absolute atomic E-state index is 10.6. The number of hydrogen-bond donors (Lipinski definition) is 0. The van der Waals surface area contributed by atoms with Crippen LogP contribution in [0.2, 0.25) is 0 Å². The van der Waals surface area contributed by atoms with E-state index in [1.807, 2.05) is 0 Å². The lowest BCUT2D eigenvalue weighted by Gasteiger charge is -1.86. The summed E-state index contributed by atoms with van der Waals surface area (Å²) in [5.74, 6) is 0.811. The van der Waals surface area contributed by atoms with Crippen LogP contribution in [0, 0.1) is 0 Å². The van der Waals surface area contributed by atoms with Gasteiger partial charge in [0.15, 0.2) is 5.82 Å². The summed E-state index contributed by atoms with van der Waals surface area (Å²) in [6.45, 7) is 1.78. The Kier molecular flexibility index (Phi) is 2.93. The highest BCUT2D eigenvalue weighted by atomic mass is 16.5. The summed E-state index contributed by atoms with van der Waals surface area (Å²) >= 11 is 0. The van der Waals surface area contributed by atoms with Crippen LogP contribution in [-0.4, -0.2) is 23.0 Å². The van der Waals surface area contributed by atoms with Crippen molar-refractivity contribution in [1.82, 2.24) is 10.1 Å². The van der Waals surface area contributed by atoms with Crippen LogP contribution in [0.4, 0.5) is 0 Å². The van der Waals surface area contributed by atoms with Crippen molar-refractivity contribution in [2.75, 3.05) is 7.11 Å². The molecule has 0 aliphatic carbocycles. The fraction of sp³-hybridized carbons (Fsp3) is 0.571. The molecule has 0 radical (unpaired) electrons. The minimum atomic E-state index is 0.00242. The first-order valence-electron chi connectivity index (χ1n) is 3.52. The van der Waals surface area contributed by atoms with E-state index < -0.39 is 0 Å². The molecule has 1 heterocycles. The number of ketones is 1. The van der Waals surface area contributed by atoms with Gasteiger partial charge in [0.25, 0.3) is 0 Å². The lowest BCUT2D eigenvalue weighted by molar-refractivity contribution is -0.116. The number of hydrogen-bond acceptors (Lipinski definition) is 5. The van der Waals surface area contributed by atoms with Crippen LogP contribution in [0.3, 0.4) is 0 Å². The molecule has 66 valence electrons. The number of aromatic nitrogens is 2. The van der Waals surface area contributed by atoms with E-state index in [-0.39, 0.29) is 12.2 Å². The number of methoxy groups -OCH3 is 1. The zero-order valence-electron chi connectivity index (χ0n) is 7.03. The number of Topliss-reactive ketones (excluding diaryl/α,β-unsaturated/α-hetero) is 1. The summed E-state index contributed by atoms with van der Waals surface area (Å²) in [6, 6.07) is 0. The van der Waals surface area contributed by atoms with Gasteiger partial charge in [-0.05, 0) is 6.92 Å². The Hall–Kier alpha value is -1.23. The Bertz CT molecular complexity index is 269. The highest BCUT2D eigenvalue weighted by molar-refractivity contribution is 5.77. The normalized spacial score (nSPS) is 10.2. The molecule has 0 spiro atoms. The van der Waals surface area contributed by atoms with Crippen LogP contribution in [-0.2, 0) is 22.6 Å². The molecule has 0 N–H and O–H groups in total. The zero-order valence-corrected chi connectivity index (χ0v) is 7.03. The Morgan fingerprint density at radius 3 is 3.00 bits per heavy atom. The molecule has 0 bridgehead atoms. The molecule has 1 rings (SSSR count). The molecule has 0 aromatic carbocycles. The zero-order chi connectivity index (χ0) is 8.97. The van der Waals surface area contributed by atoms with E-state index in [4.69, 9.17) is 9.26 Å². The van der Waals surface area contributed by atoms with Gasteiger partial charge in [-0.1, -0.05) is 5.16 Å². The van der Waals surface area contributed by atoms with Crippen LogP contribution in [0.5, 0.6) is 0 Å². The van der Waals surface area contributed by atoms with Gasteiger partial charge in [0.1, 0.15) is 12.4 Å². The van der Waals surface area contributed by atoms with Crippen molar-refractivity contribution in [2.45, 2.75) is 20.0 Å². The summed E-state index contributed by atoms with van der Waals surface area (Å²) in [4.78, 5) is 14.5. The second-order valence-electron chi connectivity index (χ2n) is 2.42. The molecule has 0 aliphatic heterocycles. The van der Waals surface area contributed by atoms with Crippen molar-refractivity contribution in [3.05, 3.63) is 11.7 Å². The van der Waals surface area contributed by atoms with Gasteiger partial charge in [-0.2, -0.15) is 4.98 Å². The molecule has 0 saturated heterocycles. The average Bonchev–Trinajstić information content (AvgIpc) is 2.36. The van der Waals surface area contributed by atoms with Gasteiger partial charge in [-0.25, -0.2) is 0 Å². The third-order valence-electron chi connectivity index (χ3n) is 1.18. The quantitative estimate of drug-likeness (QED) is 0.652. The van der Waals surface area contributed by atoms with E-state index in [0.717, 1.165) is 0 Å². The predicted octanol–water partition coefficient (Wildman–Crippen LogP) is 0.347. The van der Waals surface area contributed by atoms with Crippen LogP contribution >= 0.6 is 0 Å². The molecule has 0 saturated carbocycles. The highest BCUT2D eigenvalue weighted by Crippen LogP contribution is 1.99. The van der Waals surface area contributed by atoms with Gasteiger partial charge in [0.2, 0.25) is 5.89 Å². The molecular formula is C7H10N2O3. The third kappa shape index (κ3) is 2.43. The first-order valence-corrected chi connectivity index (χ1v) is 3.52. The summed E-state index contributed by atoms with van der Waals surface area (Å²) in [7, 11) is 1.54. The topological polar surface area (TPSA) is 65.2 Å². The van der Waals surface area contributed by atoms with Gasteiger partial charge in [0.05, 0.1) is 6.42 Å². The van der Waals surface area contributed by atoms with Crippen LogP contribution in [0.25, 0.3) is 0 Å². The summed E-state index contributed by atoms with van der Waals surface area (Å²) in [6.07, 6.45) is 0.191. The molecule has 12 heavy (non-hydrogen) atoms. The van der Waals surface area contributed by atoms with E-state index >= 15 is 0 Å². The summed E-state index contributed by atoms with van der Waals surface area (Å²) in [5, 5.41) is 3.60. The summed E-state index contributed by atoms with van der Waals surface area (Å²) in [5.41, 5.74) is 0. The fourth-order valence-corrected chi connectivity index (χ4v) is 0.763. The largest absolute Gasteiger partial charge is 0.377 e. The molecule has 0 atom stereocenters. The first-order chi connectivity index (χ1) is 5.72. The van der Waals surface area contributed by atoms with E-state index in [1.165, 1.54) is 6.92 Å². The highest BCUT2D eigenvalue weighted by Gasteiger charge is 2.07. The Morgan fingerprint density at radius 2 is 2.42 bits per heavy atom. The molecule has 0 aliphatic rings. The smallest absolute Gasteiger partial charge is 0.234 e. The first kappa shape index (κ1) is 8.86. The Balaban J connectivity index is 2.58. The van der Waals surface area contributed by atoms with E-state index in [9.17, 15) is 4.79 Å². The van der Waals surface area contributed by atoms with Gasteiger partial charge >= 0.3 is 0 Å². The van der Waals surface area contributed by atoms with Crippen LogP contribution < -0.4 is 0 Å². The minimum Gasteiger partial charge on any atom is -0.377 e. The maximum Gasteiger partial charge on any atom is 0.234 e. The van der Waals surface area contributed by atoms with Gasteiger partial charge in [-0.3, -0.25) is 4.79 Å². The molecule has 5 heteroatoms. The summed E-state index contributed by atoms with van der Waals surface area (Å²) < 4.78 is 9.54. The van der Waals surface area contributed by atoms with Crippen molar-refractivity contribution < 1.29 is 14.1 Å². The monoisotopic (exact) mass is 170 g/mol. The SMILES string of the molecule is COCc1noc(CC(C)=O)n1. The van der Waals surface area contributed by atoms with E-state index in [1.54, 1.807) is 7.11 Å². The average molecular weight is 170 g/mol. The second kappa shape index (κ2) is 3.96. The fourth-order valence-electron chi connectivity index (χ4n) is 0.763. The molecular weight excluding hydrogens is 160 g/mol. The lowest BCUT2D eigenvalue weighted by Crippen LogP contribution is -1.97. The van der Waals surface area contributed by atoms with Crippen molar-refractivity contribution in [2.24, 2.45) is 0 Å². The number of carbonyl (C=O) groups is 1. The molecule has 5 nitrogen and oxygen atoms in total. The molecule has 1 aromatic heterocycles. The van der Waals surface area contributed by atoms with Crippen molar-refractivity contribution in [3.63, 3.8) is 0 Å². The number of ether oxygens (including phenoxy) is 1. The Labute approximate surface area is 69.7 Å². The number of carbonyl (C=O) groups excluding carboxylic acids is 1. The third-order valence-corrected chi connectivity index (χ3v) is 1.18. The molecule has 1 aromatic rings. The van der Waals surface area contributed by atoms with Crippen molar-refractivity contribution in [1.29, 1.82) is 0 Å². The standard InChI is InChI=1S/C7H10N2O3/c1-5(10)3-7-8-6(4-11-2)9-12-7/h3-4H2,1-2H3. The van der Waals surface area contributed by atoms with E-state index in [2.05, 4.69) is 10.1 Å². The van der Waals surface area contributed by atoms with Gasteiger partial charge in [-0.15, -0.1) is 0 Å². The minimum absolute atomic E-state index is 0.00242.